The molecule has 0 radical (unpaired) electrons. The Morgan fingerprint density at radius 1 is 1.12 bits per heavy atom. The topological polar surface area (TPSA) is 60.4 Å². The number of ketones is 1. The molecule has 26 heavy (non-hydrogen) atoms. The molecule has 6 heteroatoms. The number of hydrogen-bond acceptors (Lipinski definition) is 4. The van der Waals surface area contributed by atoms with Crippen LogP contribution in [0.3, 0.4) is 0 Å². The van der Waals surface area contributed by atoms with E-state index in [1.54, 1.807) is 30.3 Å². The van der Waals surface area contributed by atoms with Gasteiger partial charge in [0.25, 0.3) is 0 Å². The Morgan fingerprint density at radius 3 is 2.31 bits per heavy atom. The second kappa shape index (κ2) is 7.95. The summed E-state index contributed by atoms with van der Waals surface area (Å²) in [6.45, 7) is 11.6. The van der Waals surface area contributed by atoms with Crippen LogP contribution < -0.4 is 0 Å². The molecule has 1 aliphatic rings. The molecule has 0 amide bonds. The van der Waals surface area contributed by atoms with Gasteiger partial charge in [-0.25, -0.2) is 8.42 Å². The fourth-order valence-electron chi connectivity index (χ4n) is 3.10. The molecule has 1 aliphatic carbocycles. The number of Topliss-reactive ketones (excluding diaryl/α,β-unsaturated/α-hetero) is 1. The summed E-state index contributed by atoms with van der Waals surface area (Å²) in [7, 11) is -5.29. The van der Waals surface area contributed by atoms with Crippen LogP contribution in [0.2, 0.25) is 18.1 Å². The lowest BCUT2D eigenvalue weighted by Crippen LogP contribution is -2.43. The Labute approximate surface area is 159 Å². The molecular weight excluding hydrogens is 364 g/mol. The quantitative estimate of drug-likeness (QED) is 0.666. The van der Waals surface area contributed by atoms with E-state index >= 15 is 0 Å². The van der Waals surface area contributed by atoms with Gasteiger partial charge in [-0.3, -0.25) is 4.79 Å². The highest BCUT2D eigenvalue weighted by atomic mass is 32.2. The smallest absolute Gasteiger partial charge is 0.191 e. The summed E-state index contributed by atoms with van der Waals surface area (Å²) in [5.41, 5.74) is 0. The molecule has 146 valence electrons. The Balaban J connectivity index is 2.12. The predicted molar refractivity (Wildman–Crippen MR) is 107 cm³/mol. The van der Waals surface area contributed by atoms with Crippen molar-refractivity contribution in [3.8, 4) is 0 Å². The van der Waals surface area contributed by atoms with Crippen LogP contribution in [0.15, 0.2) is 35.2 Å². The maximum atomic E-state index is 12.8. The lowest BCUT2D eigenvalue weighted by molar-refractivity contribution is -0.122. The zero-order valence-electron chi connectivity index (χ0n) is 16.6. The Kier molecular flexibility index (Phi) is 6.51. The molecule has 1 saturated carbocycles. The lowest BCUT2D eigenvalue weighted by atomic mass is 9.80. The molecule has 2 rings (SSSR count). The second-order valence-corrected chi connectivity index (χ2v) is 15.8. The molecule has 0 saturated heterocycles. The molecule has 0 bridgehead atoms. The zero-order chi connectivity index (χ0) is 19.6. The second-order valence-electron chi connectivity index (χ2n) is 8.97. The minimum atomic E-state index is -3.39. The third-order valence-electron chi connectivity index (χ3n) is 5.95. The first-order valence-corrected chi connectivity index (χ1v) is 13.9. The number of benzene rings is 1. The van der Waals surface area contributed by atoms with Crippen molar-refractivity contribution in [1.82, 2.24) is 0 Å². The van der Waals surface area contributed by atoms with Crippen LogP contribution in [-0.2, 0) is 19.1 Å². The molecule has 0 aromatic heterocycles. The van der Waals surface area contributed by atoms with Gasteiger partial charge in [0.1, 0.15) is 5.78 Å². The summed E-state index contributed by atoms with van der Waals surface area (Å²) in [5, 5.41) is 0.114. The average Bonchev–Trinajstić information content (AvgIpc) is 2.53. The van der Waals surface area contributed by atoms with E-state index < -0.39 is 18.2 Å². The van der Waals surface area contributed by atoms with Gasteiger partial charge in [0.2, 0.25) is 0 Å². The van der Waals surface area contributed by atoms with Gasteiger partial charge in [-0.1, -0.05) is 39.0 Å². The van der Waals surface area contributed by atoms with Crippen molar-refractivity contribution in [1.29, 1.82) is 0 Å². The first-order valence-electron chi connectivity index (χ1n) is 9.36. The highest BCUT2D eigenvalue weighted by Crippen LogP contribution is 2.38. The fourth-order valence-corrected chi connectivity index (χ4v) is 5.88. The number of carbonyl (C=O) groups is 1. The lowest BCUT2D eigenvalue weighted by Gasteiger charge is -2.39. The summed E-state index contributed by atoms with van der Waals surface area (Å²) < 4.78 is 31.9. The largest absolute Gasteiger partial charge is 0.417 e. The molecule has 0 aliphatic heterocycles. The normalized spacial score (nSPS) is 22.4. The molecule has 1 aromatic rings. The monoisotopic (exact) mass is 396 g/mol. The van der Waals surface area contributed by atoms with Crippen LogP contribution in [0.4, 0.5) is 0 Å². The van der Waals surface area contributed by atoms with Crippen LogP contribution in [0.1, 0.15) is 40.0 Å². The fraction of sp³-hybridized carbons (Fsp3) is 0.650. The van der Waals surface area contributed by atoms with E-state index in [-0.39, 0.29) is 28.4 Å². The Bertz CT molecular complexity index is 720. The third-order valence-corrected chi connectivity index (χ3v) is 12.3. The first-order chi connectivity index (χ1) is 11.9. The van der Waals surface area contributed by atoms with Gasteiger partial charge in [0.05, 0.1) is 10.6 Å². The van der Waals surface area contributed by atoms with E-state index in [4.69, 9.17) is 4.43 Å². The van der Waals surface area contributed by atoms with Gasteiger partial charge in [-0.2, -0.15) is 0 Å². The summed E-state index contributed by atoms with van der Waals surface area (Å²) in [5.74, 6) is 0.155. The standard InChI is InChI=1S/C20H32O4SSi/c1-20(2,3)26(4,5)24-14-16-11-12-18(21)13-17(16)15-25(22,23)19-9-7-6-8-10-19/h6-10,16-17H,11-15H2,1-5H3/t16-,17-/m0/s1. The number of carbonyl (C=O) groups excluding carboxylic acids is 1. The van der Waals surface area contributed by atoms with Crippen molar-refractivity contribution >= 4 is 23.9 Å². The average molecular weight is 397 g/mol. The highest BCUT2D eigenvalue weighted by molar-refractivity contribution is 7.91. The predicted octanol–water partition coefficient (Wildman–Crippen LogP) is 4.47. The van der Waals surface area contributed by atoms with Crippen LogP contribution in [0, 0.1) is 11.8 Å². The van der Waals surface area contributed by atoms with Gasteiger partial charge >= 0.3 is 0 Å². The van der Waals surface area contributed by atoms with Gasteiger partial charge in [-0.15, -0.1) is 0 Å². The van der Waals surface area contributed by atoms with E-state index in [1.807, 2.05) is 0 Å². The van der Waals surface area contributed by atoms with E-state index in [1.165, 1.54) is 0 Å². The molecule has 4 nitrogen and oxygen atoms in total. The first kappa shape index (κ1) is 21.3. The summed E-state index contributed by atoms with van der Waals surface area (Å²) in [4.78, 5) is 12.3. The minimum Gasteiger partial charge on any atom is -0.417 e. The van der Waals surface area contributed by atoms with Crippen LogP contribution >= 0.6 is 0 Å². The Morgan fingerprint density at radius 2 is 1.73 bits per heavy atom. The summed E-state index contributed by atoms with van der Waals surface area (Å²) in [6.07, 6.45) is 1.60. The van der Waals surface area contributed by atoms with Crippen molar-refractivity contribution in [2.45, 2.75) is 63.1 Å². The van der Waals surface area contributed by atoms with Gasteiger partial charge in [0, 0.05) is 19.4 Å². The van der Waals surface area contributed by atoms with E-state index in [9.17, 15) is 13.2 Å². The van der Waals surface area contributed by atoms with E-state index in [2.05, 4.69) is 33.9 Å². The van der Waals surface area contributed by atoms with Crippen LogP contribution in [0.5, 0.6) is 0 Å². The van der Waals surface area contributed by atoms with Gasteiger partial charge in [0.15, 0.2) is 18.2 Å². The van der Waals surface area contributed by atoms with Crippen LogP contribution in [0.25, 0.3) is 0 Å². The van der Waals surface area contributed by atoms with Crippen molar-refractivity contribution in [2.24, 2.45) is 11.8 Å². The van der Waals surface area contributed by atoms with Gasteiger partial charge < -0.3 is 4.43 Å². The highest BCUT2D eigenvalue weighted by Gasteiger charge is 2.40. The van der Waals surface area contributed by atoms with E-state index in [0.717, 1.165) is 6.42 Å². The molecular formula is C20H32O4SSi. The molecule has 0 heterocycles. The maximum Gasteiger partial charge on any atom is 0.191 e. The minimum absolute atomic E-state index is 0.0221. The number of hydrogen-bond donors (Lipinski definition) is 0. The molecule has 0 spiro atoms. The van der Waals surface area contributed by atoms with Crippen molar-refractivity contribution < 1.29 is 17.6 Å². The SMILES string of the molecule is CC(C)(C)[Si](C)(C)OC[C@@H]1CCC(=O)C[C@H]1CS(=O)(=O)c1ccccc1. The molecule has 2 atom stereocenters. The van der Waals surface area contributed by atoms with E-state index in [0.29, 0.717) is 24.3 Å². The van der Waals surface area contributed by atoms with Crippen LogP contribution in [-0.4, -0.2) is 34.9 Å². The zero-order valence-corrected chi connectivity index (χ0v) is 18.4. The maximum absolute atomic E-state index is 12.8. The summed E-state index contributed by atoms with van der Waals surface area (Å²) in [6, 6.07) is 8.52. The summed E-state index contributed by atoms with van der Waals surface area (Å²) >= 11 is 0. The number of rotatable bonds is 6. The van der Waals surface area contributed by atoms with Crippen molar-refractivity contribution in [3.63, 3.8) is 0 Å². The van der Waals surface area contributed by atoms with Gasteiger partial charge in [-0.05, 0) is 48.5 Å². The molecule has 0 N–H and O–H groups in total. The van der Waals surface area contributed by atoms with Crippen molar-refractivity contribution in [3.05, 3.63) is 30.3 Å². The Hall–Kier alpha value is -0.983. The molecule has 1 aromatic carbocycles. The third kappa shape index (κ3) is 5.27. The molecule has 1 fully saturated rings. The van der Waals surface area contributed by atoms with Crippen molar-refractivity contribution in [2.75, 3.05) is 12.4 Å². The number of sulfone groups is 1. The molecule has 0 unspecified atom stereocenters.